The highest BCUT2D eigenvalue weighted by Gasteiger charge is 2.37. The van der Waals surface area contributed by atoms with Crippen molar-refractivity contribution < 1.29 is 0 Å². The van der Waals surface area contributed by atoms with Crippen LogP contribution in [0.1, 0.15) is 75.3 Å². The first-order valence-electron chi connectivity index (χ1n) is 20.4. The van der Waals surface area contributed by atoms with Gasteiger partial charge in [0.2, 0.25) is 17.1 Å². The first kappa shape index (κ1) is 40.2. The van der Waals surface area contributed by atoms with Crippen molar-refractivity contribution in [1.82, 2.24) is 4.58 Å². The maximum atomic E-state index is 5.04. The van der Waals surface area contributed by atoms with Crippen LogP contribution in [0, 0.1) is 0 Å². The Bertz CT molecular complexity index is 2620. The van der Waals surface area contributed by atoms with Gasteiger partial charge in [-0.15, -0.1) is 0 Å². The van der Waals surface area contributed by atoms with E-state index in [-0.39, 0.29) is 0 Å². The second-order valence-electron chi connectivity index (χ2n) is 13.8. The van der Waals surface area contributed by atoms with Crippen LogP contribution >= 0.6 is 0 Å². The van der Waals surface area contributed by atoms with E-state index in [1.54, 1.807) is 0 Å². The molecule has 0 unspecified atom stereocenters. The molecule has 0 aromatic heterocycles. The zero-order chi connectivity index (χ0) is 40.1. The minimum absolute atomic E-state index is 1.06. The van der Waals surface area contributed by atoms with Crippen LogP contribution in [0.4, 0.5) is 11.4 Å². The SMILES string of the molecule is C=Cc1c2c(cc(-c3cccc(-c4ccc5c6c(ccc5c4)C(/C=C\C=C/C)=[N+]6c4ccc5ccccc5c4)c3)c1/C=C\C)CCC=C2.CC.CC/C=C\C=C/N. The Hall–Kier alpha value is -6.51. The molecule has 2 heteroatoms. The fraction of sp³-hybridized carbons (Fsp3) is 0.145. The van der Waals surface area contributed by atoms with E-state index in [9.17, 15) is 0 Å². The number of benzene rings is 6. The van der Waals surface area contributed by atoms with E-state index >= 15 is 0 Å². The van der Waals surface area contributed by atoms with Crippen molar-refractivity contribution in [3.8, 4) is 22.3 Å². The molecule has 0 fully saturated rings. The molecular weight excluding hydrogens is 689 g/mol. The Morgan fingerprint density at radius 1 is 0.684 bits per heavy atom. The van der Waals surface area contributed by atoms with E-state index in [1.165, 1.54) is 94.9 Å². The third kappa shape index (κ3) is 8.52. The highest BCUT2D eigenvalue weighted by atomic mass is 15.1. The van der Waals surface area contributed by atoms with Crippen LogP contribution in [0.25, 0.3) is 62.0 Å². The standard InChI is InChI=1S/C47H38N.C6H11N.C2H6/c1-4-7-8-21-46-44-27-24-38-29-35(23-26-42(38)47(44)48(46)39-25-22-32-15-9-10-16-34(32)30-39)33-18-13-19-36(28-33)45-31-37-17-11-12-20-41(37)40(6-3)43(45)14-5-2;1-2-3-4-5-6-7;1-2/h4-10,12-16,18-31H,3,11,17H2,1-2H3;3-6H,2,7H2,1H3;1-2H3/q+1;;/b7-4-,14-5-,21-8-;4-3-,6-5-;. The van der Waals surface area contributed by atoms with Crippen LogP contribution in [0.2, 0.25) is 0 Å². The minimum atomic E-state index is 1.06. The molecule has 1 aliphatic carbocycles. The molecule has 1 aliphatic heterocycles. The third-order valence-corrected chi connectivity index (χ3v) is 10.3. The summed E-state index contributed by atoms with van der Waals surface area (Å²) in [5.41, 5.74) is 20.1. The normalized spacial score (nSPS) is 13.3. The highest BCUT2D eigenvalue weighted by Crippen LogP contribution is 2.43. The first-order valence-corrected chi connectivity index (χ1v) is 20.4. The summed E-state index contributed by atoms with van der Waals surface area (Å²) in [5.74, 6) is 0. The van der Waals surface area contributed by atoms with Crippen molar-refractivity contribution in [2.24, 2.45) is 5.73 Å². The number of rotatable bonds is 9. The molecule has 0 saturated carbocycles. The number of allylic oxidation sites excluding steroid dienone is 9. The molecule has 284 valence electrons. The molecule has 2 N–H and O–H groups in total. The molecule has 1 heterocycles. The molecule has 0 bridgehead atoms. The summed E-state index contributed by atoms with van der Waals surface area (Å²) in [5, 5.41) is 5.00. The zero-order valence-corrected chi connectivity index (χ0v) is 34.2. The number of hydrogen-bond acceptors (Lipinski definition) is 1. The average molecular weight is 744 g/mol. The summed E-state index contributed by atoms with van der Waals surface area (Å²) in [6.45, 7) is 14.4. The summed E-state index contributed by atoms with van der Waals surface area (Å²) in [6, 6.07) is 38.3. The Labute approximate surface area is 340 Å². The molecule has 2 nitrogen and oxygen atoms in total. The van der Waals surface area contributed by atoms with Crippen LogP contribution < -0.4 is 10.3 Å². The van der Waals surface area contributed by atoms with Gasteiger partial charge in [0, 0.05) is 18.2 Å². The molecule has 6 aromatic carbocycles. The number of nitrogens with zero attached hydrogens (tertiary/aromatic N) is 1. The molecule has 0 amide bonds. The second-order valence-corrected chi connectivity index (χ2v) is 13.8. The number of fused-ring (bicyclic) bond motifs is 5. The van der Waals surface area contributed by atoms with Gasteiger partial charge in [-0.05, 0) is 142 Å². The second kappa shape index (κ2) is 19.4. The predicted octanol–water partition coefficient (Wildman–Crippen LogP) is 15.2. The van der Waals surface area contributed by atoms with Gasteiger partial charge in [0.05, 0.1) is 5.39 Å². The van der Waals surface area contributed by atoms with E-state index in [1.807, 2.05) is 38.2 Å². The fourth-order valence-corrected chi connectivity index (χ4v) is 7.72. The topological polar surface area (TPSA) is 29.0 Å². The summed E-state index contributed by atoms with van der Waals surface area (Å²) in [7, 11) is 0. The first-order chi connectivity index (χ1) is 28.1. The van der Waals surface area contributed by atoms with Crippen molar-refractivity contribution >= 4 is 56.9 Å². The van der Waals surface area contributed by atoms with Crippen LogP contribution in [-0.2, 0) is 6.42 Å². The van der Waals surface area contributed by atoms with Crippen LogP contribution in [0.3, 0.4) is 0 Å². The summed E-state index contributed by atoms with van der Waals surface area (Å²) in [4.78, 5) is 0. The molecule has 57 heavy (non-hydrogen) atoms. The van der Waals surface area contributed by atoms with E-state index in [4.69, 9.17) is 5.73 Å². The molecule has 0 atom stereocenters. The summed E-state index contributed by atoms with van der Waals surface area (Å²) >= 11 is 0. The number of aryl methyl sites for hydroxylation is 1. The van der Waals surface area contributed by atoms with E-state index in [2.05, 4.69) is 184 Å². The molecule has 0 radical (unpaired) electrons. The fourth-order valence-electron chi connectivity index (χ4n) is 7.72. The van der Waals surface area contributed by atoms with E-state index in [0.717, 1.165) is 19.3 Å². The average Bonchev–Trinajstić information content (AvgIpc) is 3.26. The summed E-state index contributed by atoms with van der Waals surface area (Å²) in [6.07, 6.45) is 30.0. The molecule has 0 saturated heterocycles. The van der Waals surface area contributed by atoms with Gasteiger partial charge >= 0.3 is 0 Å². The third-order valence-electron chi connectivity index (χ3n) is 10.3. The Morgan fingerprint density at radius 3 is 2.25 bits per heavy atom. The van der Waals surface area contributed by atoms with Gasteiger partial charge in [0.15, 0.2) is 0 Å². The van der Waals surface area contributed by atoms with Crippen LogP contribution in [-0.4, -0.2) is 5.71 Å². The summed E-state index contributed by atoms with van der Waals surface area (Å²) < 4.78 is 2.41. The highest BCUT2D eigenvalue weighted by molar-refractivity contribution is 6.25. The van der Waals surface area contributed by atoms with Crippen LogP contribution in [0.15, 0.2) is 171 Å². The molecule has 6 aromatic rings. The maximum absolute atomic E-state index is 5.04. The number of hydrogen-bond donors (Lipinski definition) is 1. The largest absolute Gasteiger partial charge is 0.405 e. The molecule has 8 rings (SSSR count). The Kier molecular flexibility index (Phi) is 13.7. The minimum Gasteiger partial charge on any atom is -0.405 e. The molecular formula is C55H55N2+. The molecule has 2 aliphatic rings. The Balaban J connectivity index is 0.000000554. The van der Waals surface area contributed by atoms with Gasteiger partial charge in [0.1, 0.15) is 5.56 Å². The predicted molar refractivity (Wildman–Crippen MR) is 255 cm³/mol. The van der Waals surface area contributed by atoms with Crippen molar-refractivity contribution in [2.75, 3.05) is 0 Å². The van der Waals surface area contributed by atoms with Gasteiger partial charge in [-0.25, -0.2) is 0 Å². The van der Waals surface area contributed by atoms with Gasteiger partial charge in [0.25, 0.3) is 0 Å². The lowest BCUT2D eigenvalue weighted by Crippen LogP contribution is -2.27. The van der Waals surface area contributed by atoms with E-state index in [0.29, 0.717) is 0 Å². The van der Waals surface area contributed by atoms with Gasteiger partial charge in [-0.1, -0.05) is 143 Å². The van der Waals surface area contributed by atoms with Crippen molar-refractivity contribution in [3.05, 3.63) is 198 Å². The zero-order valence-electron chi connectivity index (χ0n) is 34.2. The smallest absolute Gasteiger partial charge is 0.233 e. The quantitative estimate of drug-likeness (QED) is 0.116. The maximum Gasteiger partial charge on any atom is 0.233 e. The monoisotopic (exact) mass is 743 g/mol. The lowest BCUT2D eigenvalue weighted by Gasteiger charge is -2.21. The van der Waals surface area contributed by atoms with Crippen LogP contribution in [0.5, 0.6) is 0 Å². The lowest BCUT2D eigenvalue weighted by atomic mass is 9.84. The Morgan fingerprint density at radius 2 is 1.47 bits per heavy atom. The van der Waals surface area contributed by atoms with Crippen molar-refractivity contribution in [2.45, 2.75) is 53.9 Å². The van der Waals surface area contributed by atoms with Gasteiger partial charge < -0.3 is 5.73 Å². The molecule has 0 spiro atoms. The van der Waals surface area contributed by atoms with Crippen molar-refractivity contribution in [3.63, 3.8) is 0 Å². The lowest BCUT2D eigenvalue weighted by molar-refractivity contribution is 0.984. The van der Waals surface area contributed by atoms with Gasteiger partial charge in [-0.2, -0.15) is 4.58 Å². The van der Waals surface area contributed by atoms with Crippen molar-refractivity contribution in [1.29, 1.82) is 0 Å². The van der Waals surface area contributed by atoms with E-state index < -0.39 is 0 Å². The van der Waals surface area contributed by atoms with Gasteiger partial charge in [-0.3, -0.25) is 0 Å². The number of nitrogens with two attached hydrogens (primary N) is 1.